The van der Waals surface area contributed by atoms with E-state index in [-0.39, 0.29) is 0 Å². The van der Waals surface area contributed by atoms with Gasteiger partial charge in [-0.15, -0.1) is 6.58 Å². The van der Waals surface area contributed by atoms with Crippen LogP contribution in [0.15, 0.2) is 12.7 Å². The first kappa shape index (κ1) is 10.7. The van der Waals surface area contributed by atoms with E-state index < -0.39 is 0 Å². The Bertz CT molecular complexity index is 32.5. The molecule has 0 spiro atoms. The van der Waals surface area contributed by atoms with Gasteiger partial charge in [-0.3, -0.25) is 0 Å². The van der Waals surface area contributed by atoms with Crippen molar-refractivity contribution in [3.8, 4) is 0 Å². The summed E-state index contributed by atoms with van der Waals surface area (Å²) in [6, 6.07) is 0. The Kier molecular flexibility index (Phi) is 13.2. The fraction of sp³-hybridized carbons (Fsp3) is 0.750. The molecule has 0 heterocycles. The predicted molar refractivity (Wildman–Crippen MR) is 41.0 cm³/mol. The van der Waals surface area contributed by atoms with E-state index in [4.69, 9.17) is 0 Å². The molecule has 0 amide bonds. The van der Waals surface area contributed by atoms with Crippen molar-refractivity contribution in [3.63, 3.8) is 0 Å². The monoisotopic (exact) mass is 114 g/mol. The van der Waals surface area contributed by atoms with Crippen LogP contribution in [-0.2, 0) is 0 Å². The second kappa shape index (κ2) is 9.88. The van der Waals surface area contributed by atoms with Gasteiger partial charge >= 0.3 is 0 Å². The molecule has 0 aliphatic rings. The van der Waals surface area contributed by atoms with E-state index in [0.717, 1.165) is 12.3 Å². The zero-order valence-electron chi connectivity index (χ0n) is 6.57. The molecule has 0 atom stereocenters. The maximum atomic E-state index is 3.48. The third kappa shape index (κ3) is 236. The van der Waals surface area contributed by atoms with Gasteiger partial charge < -0.3 is 0 Å². The zero-order valence-corrected chi connectivity index (χ0v) is 6.57. The summed E-state index contributed by atoms with van der Waals surface area (Å²) in [7, 11) is 0. The lowest BCUT2D eigenvalue weighted by Gasteiger charge is -1.79. The van der Waals surface area contributed by atoms with Crippen LogP contribution in [0.4, 0.5) is 0 Å². The van der Waals surface area contributed by atoms with Crippen LogP contribution in [-0.4, -0.2) is 0 Å². The van der Waals surface area contributed by atoms with Crippen LogP contribution in [0.25, 0.3) is 0 Å². The van der Waals surface area contributed by atoms with E-state index in [2.05, 4.69) is 34.3 Å². The van der Waals surface area contributed by atoms with Crippen LogP contribution in [0.1, 0.15) is 34.1 Å². The minimum Gasteiger partial charge on any atom is -0.103 e. The molecule has 0 aliphatic carbocycles. The molecule has 0 unspecified atom stereocenters. The van der Waals surface area contributed by atoms with Gasteiger partial charge in [0.25, 0.3) is 0 Å². The minimum absolute atomic E-state index is 0.833. The SMILES string of the molecule is C=CCC.CC(C)C. The molecule has 0 nitrogen and oxygen atoms in total. The second-order valence-corrected chi connectivity index (χ2v) is 2.43. The maximum Gasteiger partial charge on any atom is -0.0382 e. The molecule has 0 saturated carbocycles. The fourth-order valence-corrected chi connectivity index (χ4v) is 0. The molecule has 0 saturated heterocycles. The van der Waals surface area contributed by atoms with Gasteiger partial charge in [-0.05, 0) is 12.3 Å². The molecule has 0 heteroatoms. The fourth-order valence-electron chi connectivity index (χ4n) is 0. The third-order valence-electron chi connectivity index (χ3n) is 0.289. The highest BCUT2D eigenvalue weighted by molar-refractivity contribution is 4.60. The van der Waals surface area contributed by atoms with Gasteiger partial charge in [0.1, 0.15) is 0 Å². The van der Waals surface area contributed by atoms with Crippen molar-refractivity contribution in [2.75, 3.05) is 0 Å². The summed E-state index contributed by atoms with van der Waals surface area (Å²) >= 11 is 0. The minimum atomic E-state index is 0.833. The number of rotatable bonds is 1. The van der Waals surface area contributed by atoms with E-state index >= 15 is 0 Å². The van der Waals surface area contributed by atoms with Gasteiger partial charge in [-0.25, -0.2) is 0 Å². The van der Waals surface area contributed by atoms with Crippen LogP contribution in [0.3, 0.4) is 0 Å². The van der Waals surface area contributed by atoms with Crippen molar-refractivity contribution < 1.29 is 0 Å². The molecule has 50 valence electrons. The summed E-state index contributed by atoms with van der Waals surface area (Å²) in [5, 5.41) is 0. The largest absolute Gasteiger partial charge is 0.103 e. The molecule has 8 heavy (non-hydrogen) atoms. The number of allylic oxidation sites excluding steroid dienone is 1. The summed E-state index contributed by atoms with van der Waals surface area (Å²) in [4.78, 5) is 0. The van der Waals surface area contributed by atoms with Crippen LogP contribution < -0.4 is 0 Å². The van der Waals surface area contributed by atoms with Crippen molar-refractivity contribution in [2.45, 2.75) is 34.1 Å². The molecular weight excluding hydrogens is 96.1 g/mol. The molecule has 0 aromatic heterocycles. The first-order chi connectivity index (χ1) is 3.65. The van der Waals surface area contributed by atoms with Gasteiger partial charge in [-0.1, -0.05) is 33.8 Å². The maximum absolute atomic E-state index is 3.48. The molecule has 0 rings (SSSR count). The van der Waals surface area contributed by atoms with Crippen molar-refractivity contribution in [2.24, 2.45) is 5.92 Å². The van der Waals surface area contributed by atoms with Crippen LogP contribution in [0.5, 0.6) is 0 Å². The molecule has 0 bridgehead atoms. The van der Waals surface area contributed by atoms with Crippen LogP contribution in [0, 0.1) is 5.92 Å². The van der Waals surface area contributed by atoms with Crippen LogP contribution in [0.2, 0.25) is 0 Å². The average molecular weight is 114 g/mol. The predicted octanol–water partition coefficient (Wildman–Crippen LogP) is 3.24. The number of hydrogen-bond acceptors (Lipinski definition) is 0. The highest BCUT2D eigenvalue weighted by Gasteiger charge is 1.68. The summed E-state index contributed by atoms with van der Waals surface area (Å²) in [5.41, 5.74) is 0. The second-order valence-electron chi connectivity index (χ2n) is 2.43. The van der Waals surface area contributed by atoms with E-state index in [1.165, 1.54) is 0 Å². The topological polar surface area (TPSA) is 0 Å². The first-order valence-electron chi connectivity index (χ1n) is 3.26. The molecule has 0 aromatic rings. The van der Waals surface area contributed by atoms with Gasteiger partial charge in [0.2, 0.25) is 0 Å². The Morgan fingerprint density at radius 3 is 1.50 bits per heavy atom. The number of hydrogen-bond donors (Lipinski definition) is 0. The lowest BCUT2D eigenvalue weighted by Crippen LogP contribution is -1.66. The molecule has 0 aromatic carbocycles. The molecule has 0 fully saturated rings. The molecule has 0 N–H and O–H groups in total. The molecular formula is C8H18. The van der Waals surface area contributed by atoms with E-state index in [1.807, 2.05) is 6.08 Å². The Morgan fingerprint density at radius 1 is 1.38 bits per heavy atom. The quantitative estimate of drug-likeness (QED) is 0.459. The van der Waals surface area contributed by atoms with Gasteiger partial charge in [0, 0.05) is 0 Å². The smallest absolute Gasteiger partial charge is 0.0382 e. The van der Waals surface area contributed by atoms with Crippen molar-refractivity contribution >= 4 is 0 Å². The Balaban J connectivity index is 0. The van der Waals surface area contributed by atoms with E-state index in [9.17, 15) is 0 Å². The highest BCUT2D eigenvalue weighted by Crippen LogP contribution is 1.81. The van der Waals surface area contributed by atoms with E-state index in [1.54, 1.807) is 0 Å². The summed E-state index contributed by atoms with van der Waals surface area (Å²) in [6.07, 6.45) is 2.96. The Labute approximate surface area is 53.6 Å². The third-order valence-corrected chi connectivity index (χ3v) is 0.289. The summed E-state index contributed by atoms with van der Waals surface area (Å²) < 4.78 is 0. The highest BCUT2D eigenvalue weighted by atomic mass is 13.7. The van der Waals surface area contributed by atoms with Crippen molar-refractivity contribution in [1.29, 1.82) is 0 Å². The summed E-state index contributed by atoms with van der Waals surface area (Å²) in [6.45, 7) is 12.0. The standard InChI is InChI=1S/C4H10.C4H8/c1-4(2)3;1-3-4-2/h4H,1-3H3;3H,1,4H2,2H3. The van der Waals surface area contributed by atoms with Gasteiger partial charge in [-0.2, -0.15) is 0 Å². The lowest BCUT2D eigenvalue weighted by atomic mass is 10.3. The van der Waals surface area contributed by atoms with Crippen molar-refractivity contribution in [1.82, 2.24) is 0 Å². The van der Waals surface area contributed by atoms with Gasteiger partial charge in [0.15, 0.2) is 0 Å². The summed E-state index contributed by atoms with van der Waals surface area (Å²) in [5.74, 6) is 0.833. The molecule has 0 radical (unpaired) electrons. The van der Waals surface area contributed by atoms with E-state index in [0.29, 0.717) is 0 Å². The Hall–Kier alpha value is -0.260. The first-order valence-corrected chi connectivity index (χ1v) is 3.26. The average Bonchev–Trinajstić information content (AvgIpc) is 1.65. The van der Waals surface area contributed by atoms with Crippen LogP contribution >= 0.6 is 0 Å². The zero-order chi connectivity index (χ0) is 6.99. The Morgan fingerprint density at radius 2 is 1.50 bits per heavy atom. The normalized spacial score (nSPS) is 7.62. The van der Waals surface area contributed by atoms with Gasteiger partial charge in [0.05, 0.1) is 0 Å². The molecule has 0 aliphatic heterocycles. The van der Waals surface area contributed by atoms with Crippen molar-refractivity contribution in [3.05, 3.63) is 12.7 Å². The lowest BCUT2D eigenvalue weighted by molar-refractivity contribution is 0.737.